The molecule has 2 saturated heterocycles. The number of rotatable bonds is 3. The van der Waals surface area contributed by atoms with Gasteiger partial charge in [-0.05, 0) is 32.7 Å². The quantitative estimate of drug-likeness (QED) is 0.905. The Balaban J connectivity index is 0.00000120. The first-order valence-electron chi connectivity index (χ1n) is 6.65. The highest BCUT2D eigenvalue weighted by Crippen LogP contribution is 2.29. The summed E-state index contributed by atoms with van der Waals surface area (Å²) in [5.74, 6) is 1.17. The van der Waals surface area contributed by atoms with Crippen LogP contribution in [0.2, 0.25) is 0 Å². The van der Waals surface area contributed by atoms with Gasteiger partial charge in [-0.3, -0.25) is 4.90 Å². The minimum atomic E-state index is 0. The van der Waals surface area contributed by atoms with Crippen LogP contribution in [0, 0.1) is 0 Å². The smallest absolute Gasteiger partial charge is 0.122 e. The van der Waals surface area contributed by atoms with Crippen LogP contribution in [0.5, 0.6) is 0 Å². The zero-order chi connectivity index (χ0) is 11.8. The van der Waals surface area contributed by atoms with E-state index in [2.05, 4.69) is 33.9 Å². The largest absolute Gasteiger partial charge is 0.337 e. The van der Waals surface area contributed by atoms with Crippen LogP contribution in [0.25, 0.3) is 0 Å². The Labute approximate surface area is 115 Å². The monoisotopic (exact) mass is 270 g/mol. The third kappa shape index (κ3) is 2.71. The maximum Gasteiger partial charge on any atom is 0.122 e. The summed E-state index contributed by atoms with van der Waals surface area (Å²) in [6, 6.07) is 2.26. The lowest BCUT2D eigenvalue weighted by molar-refractivity contribution is 0.161. The number of fused-ring (bicyclic) bond motifs is 2. The fraction of sp³-hybridized carbons (Fsp3) is 0.769. The molecule has 102 valence electrons. The molecule has 3 heterocycles. The summed E-state index contributed by atoms with van der Waals surface area (Å²) in [6.45, 7) is 0.966. The lowest BCUT2D eigenvalue weighted by Crippen LogP contribution is -2.46. The second-order valence-corrected chi connectivity index (χ2v) is 5.63. The van der Waals surface area contributed by atoms with E-state index in [-0.39, 0.29) is 12.4 Å². The van der Waals surface area contributed by atoms with E-state index >= 15 is 0 Å². The standard InChI is InChI=1S/C13H22N4.ClH/c1-16-6-5-14-13(16)9-17(2)12-7-10-3-4-11(8-12)15-10;/h5-6,10-12,15H,3-4,7-9H2,1-2H3;1H. The van der Waals surface area contributed by atoms with Gasteiger partial charge < -0.3 is 9.88 Å². The van der Waals surface area contributed by atoms with Crippen molar-refractivity contribution in [3.05, 3.63) is 18.2 Å². The molecule has 0 aromatic carbocycles. The van der Waals surface area contributed by atoms with Crippen molar-refractivity contribution >= 4 is 12.4 Å². The average Bonchev–Trinajstić information content (AvgIpc) is 2.86. The number of hydrogen-bond donors (Lipinski definition) is 1. The SMILES string of the molecule is CN(Cc1nccn1C)C1CC2CCC(C1)N2.Cl. The third-order valence-corrected chi connectivity index (χ3v) is 4.38. The van der Waals surface area contributed by atoms with Gasteiger partial charge in [0.2, 0.25) is 0 Å². The maximum absolute atomic E-state index is 4.41. The van der Waals surface area contributed by atoms with Gasteiger partial charge in [0.25, 0.3) is 0 Å². The summed E-state index contributed by atoms with van der Waals surface area (Å²) in [5, 5.41) is 3.70. The lowest BCUT2D eigenvalue weighted by Gasteiger charge is -2.35. The summed E-state index contributed by atoms with van der Waals surface area (Å²) >= 11 is 0. The number of imidazole rings is 1. The first-order valence-corrected chi connectivity index (χ1v) is 6.65. The number of nitrogens with zero attached hydrogens (tertiary/aromatic N) is 3. The maximum atomic E-state index is 4.41. The van der Waals surface area contributed by atoms with Gasteiger partial charge in [-0.1, -0.05) is 0 Å². The number of nitrogens with one attached hydrogen (secondary N) is 1. The highest BCUT2D eigenvalue weighted by atomic mass is 35.5. The van der Waals surface area contributed by atoms with Crippen LogP contribution in [0.4, 0.5) is 0 Å². The molecule has 1 aromatic rings. The van der Waals surface area contributed by atoms with Crippen LogP contribution in [0.15, 0.2) is 12.4 Å². The molecular formula is C13H23ClN4. The Morgan fingerprint density at radius 2 is 2.06 bits per heavy atom. The summed E-state index contributed by atoms with van der Waals surface area (Å²) in [4.78, 5) is 6.89. The first-order chi connectivity index (χ1) is 8.22. The zero-order valence-electron chi connectivity index (χ0n) is 11.2. The molecule has 3 rings (SSSR count). The minimum absolute atomic E-state index is 0. The van der Waals surface area contributed by atoms with Crippen LogP contribution in [0.3, 0.4) is 0 Å². The van der Waals surface area contributed by atoms with Crippen LogP contribution in [-0.2, 0) is 13.6 Å². The molecule has 2 fully saturated rings. The second kappa shape index (κ2) is 5.59. The fourth-order valence-electron chi connectivity index (χ4n) is 3.29. The third-order valence-electron chi connectivity index (χ3n) is 4.38. The zero-order valence-corrected chi connectivity index (χ0v) is 12.0. The van der Waals surface area contributed by atoms with E-state index in [0.29, 0.717) is 0 Å². The van der Waals surface area contributed by atoms with E-state index < -0.39 is 0 Å². The minimum Gasteiger partial charge on any atom is -0.337 e. The van der Waals surface area contributed by atoms with E-state index in [1.54, 1.807) is 0 Å². The Hall–Kier alpha value is -0.580. The second-order valence-electron chi connectivity index (χ2n) is 5.63. The molecule has 2 unspecified atom stereocenters. The number of hydrogen-bond acceptors (Lipinski definition) is 3. The molecule has 0 saturated carbocycles. The highest BCUT2D eigenvalue weighted by molar-refractivity contribution is 5.85. The van der Waals surface area contributed by atoms with Gasteiger partial charge >= 0.3 is 0 Å². The van der Waals surface area contributed by atoms with Crippen molar-refractivity contribution in [3.8, 4) is 0 Å². The molecule has 0 aliphatic carbocycles. The van der Waals surface area contributed by atoms with E-state index in [9.17, 15) is 0 Å². The lowest BCUT2D eigenvalue weighted by atomic mass is 9.98. The normalized spacial score (nSPS) is 30.5. The van der Waals surface area contributed by atoms with Crippen molar-refractivity contribution in [2.24, 2.45) is 7.05 Å². The molecule has 1 N–H and O–H groups in total. The summed E-state index contributed by atoms with van der Waals surface area (Å²) in [6.07, 6.45) is 9.26. The van der Waals surface area contributed by atoms with Crippen molar-refractivity contribution < 1.29 is 0 Å². The average molecular weight is 271 g/mol. The van der Waals surface area contributed by atoms with Gasteiger partial charge in [-0.2, -0.15) is 0 Å². The molecule has 2 atom stereocenters. The molecular weight excluding hydrogens is 248 g/mol. The molecule has 2 bridgehead atoms. The molecule has 2 aliphatic rings. The van der Waals surface area contributed by atoms with Gasteiger partial charge in [0.15, 0.2) is 0 Å². The topological polar surface area (TPSA) is 33.1 Å². The van der Waals surface area contributed by atoms with E-state index in [4.69, 9.17) is 0 Å². The predicted molar refractivity (Wildman–Crippen MR) is 74.9 cm³/mol. The van der Waals surface area contributed by atoms with Gasteiger partial charge in [-0.15, -0.1) is 12.4 Å². The van der Waals surface area contributed by atoms with Crippen molar-refractivity contribution in [2.45, 2.75) is 50.4 Å². The fourth-order valence-corrected chi connectivity index (χ4v) is 3.29. The Morgan fingerprint density at radius 1 is 1.39 bits per heavy atom. The van der Waals surface area contributed by atoms with Crippen LogP contribution < -0.4 is 5.32 Å². The Bertz CT molecular complexity index is 380. The first kappa shape index (κ1) is 13.8. The molecule has 5 heteroatoms. The summed E-state index contributed by atoms with van der Waals surface area (Å²) < 4.78 is 2.12. The van der Waals surface area contributed by atoms with Crippen LogP contribution in [0.1, 0.15) is 31.5 Å². The molecule has 0 radical (unpaired) electrons. The molecule has 18 heavy (non-hydrogen) atoms. The Kier molecular flexibility index (Phi) is 4.30. The number of aromatic nitrogens is 2. The van der Waals surface area contributed by atoms with Crippen LogP contribution in [-0.4, -0.2) is 39.6 Å². The van der Waals surface area contributed by atoms with Crippen molar-refractivity contribution in [3.63, 3.8) is 0 Å². The van der Waals surface area contributed by atoms with E-state index in [1.807, 2.05) is 12.4 Å². The molecule has 4 nitrogen and oxygen atoms in total. The number of halogens is 1. The van der Waals surface area contributed by atoms with Crippen molar-refractivity contribution in [1.82, 2.24) is 19.8 Å². The molecule has 1 aromatic heterocycles. The number of aryl methyl sites for hydroxylation is 1. The van der Waals surface area contributed by atoms with Crippen molar-refractivity contribution in [1.29, 1.82) is 0 Å². The van der Waals surface area contributed by atoms with E-state index in [1.165, 1.54) is 31.5 Å². The number of piperidine rings is 1. The molecule has 0 amide bonds. The summed E-state index contributed by atoms with van der Waals surface area (Å²) in [5.41, 5.74) is 0. The van der Waals surface area contributed by atoms with Gasteiger partial charge in [-0.25, -0.2) is 4.98 Å². The molecule has 0 spiro atoms. The highest BCUT2D eigenvalue weighted by Gasteiger charge is 2.35. The predicted octanol–water partition coefficient (Wildman–Crippen LogP) is 1.56. The van der Waals surface area contributed by atoms with Crippen LogP contribution >= 0.6 is 12.4 Å². The Morgan fingerprint density at radius 3 is 2.61 bits per heavy atom. The van der Waals surface area contributed by atoms with Gasteiger partial charge in [0, 0.05) is 37.6 Å². The van der Waals surface area contributed by atoms with Gasteiger partial charge in [0.05, 0.1) is 6.54 Å². The van der Waals surface area contributed by atoms with Gasteiger partial charge in [0.1, 0.15) is 5.82 Å². The summed E-state index contributed by atoms with van der Waals surface area (Å²) in [7, 11) is 4.31. The van der Waals surface area contributed by atoms with E-state index in [0.717, 1.165) is 24.7 Å². The molecule has 2 aliphatic heterocycles. The van der Waals surface area contributed by atoms with Crippen molar-refractivity contribution in [2.75, 3.05) is 7.05 Å².